The molecule has 0 aromatic rings. The molecule has 5 heteroatoms. The van der Waals surface area contributed by atoms with Gasteiger partial charge in [-0.15, -0.1) is 0 Å². The second-order valence-electron chi connectivity index (χ2n) is 5.69. The molecule has 1 saturated heterocycles. The van der Waals surface area contributed by atoms with Crippen molar-refractivity contribution >= 4 is 5.91 Å². The Morgan fingerprint density at radius 3 is 2.15 bits per heavy atom. The predicted molar refractivity (Wildman–Crippen MR) is 83.7 cm³/mol. The topological polar surface area (TPSA) is 61.6 Å². The van der Waals surface area contributed by atoms with Crippen LogP contribution in [0.15, 0.2) is 0 Å². The minimum Gasteiger partial charge on any atom is -0.352 e. The minimum absolute atomic E-state index is 0.165. The van der Waals surface area contributed by atoms with Crippen molar-refractivity contribution in [1.29, 1.82) is 0 Å². The number of hydrogen-bond acceptors (Lipinski definition) is 4. The molecule has 0 bridgehead atoms. The van der Waals surface area contributed by atoms with E-state index in [1.807, 2.05) is 0 Å². The first-order valence-electron chi connectivity index (χ1n) is 8.10. The largest absolute Gasteiger partial charge is 0.352 e. The molecule has 1 heterocycles. The number of amides is 1. The van der Waals surface area contributed by atoms with E-state index in [1.54, 1.807) is 0 Å². The van der Waals surface area contributed by atoms with Crippen molar-refractivity contribution in [3.05, 3.63) is 0 Å². The van der Waals surface area contributed by atoms with E-state index in [-0.39, 0.29) is 5.91 Å². The van der Waals surface area contributed by atoms with Crippen LogP contribution >= 0.6 is 0 Å². The van der Waals surface area contributed by atoms with Crippen LogP contribution in [0.25, 0.3) is 0 Å². The predicted octanol–water partition coefficient (Wildman–Crippen LogP) is 0.646. The lowest BCUT2D eigenvalue weighted by molar-refractivity contribution is -0.123. The van der Waals surface area contributed by atoms with Crippen LogP contribution in [0.2, 0.25) is 0 Å². The Kier molecular flexibility index (Phi) is 8.11. The van der Waals surface area contributed by atoms with Gasteiger partial charge >= 0.3 is 0 Å². The molecule has 1 unspecified atom stereocenters. The van der Waals surface area contributed by atoms with Crippen molar-refractivity contribution in [2.75, 3.05) is 39.3 Å². The average molecular weight is 284 g/mol. The quantitative estimate of drug-likeness (QED) is 0.687. The van der Waals surface area contributed by atoms with Crippen LogP contribution in [0.5, 0.6) is 0 Å². The third-order valence-electron chi connectivity index (χ3n) is 4.38. The first kappa shape index (κ1) is 17.4. The summed E-state index contributed by atoms with van der Waals surface area (Å²) < 4.78 is 0. The molecule has 20 heavy (non-hydrogen) atoms. The summed E-state index contributed by atoms with van der Waals surface area (Å²) in [6, 6.07) is 0.820. The normalized spacial score (nSPS) is 19.2. The Hall–Kier alpha value is -0.650. The summed E-state index contributed by atoms with van der Waals surface area (Å²) in [5.74, 6) is 0.165. The van der Waals surface area contributed by atoms with E-state index in [2.05, 4.69) is 35.9 Å². The monoisotopic (exact) mass is 284 g/mol. The second kappa shape index (κ2) is 9.32. The molecular weight excluding hydrogens is 252 g/mol. The lowest BCUT2D eigenvalue weighted by Crippen LogP contribution is -2.54. The summed E-state index contributed by atoms with van der Waals surface area (Å²) in [6.45, 7) is 11.7. The molecule has 0 aromatic carbocycles. The number of rotatable bonds is 8. The number of nitrogens with one attached hydrogen (secondary N) is 1. The van der Waals surface area contributed by atoms with Crippen LogP contribution in [0.1, 0.15) is 40.0 Å². The summed E-state index contributed by atoms with van der Waals surface area (Å²) >= 11 is 0. The highest BCUT2D eigenvalue weighted by atomic mass is 16.2. The zero-order valence-electron chi connectivity index (χ0n) is 13.4. The van der Waals surface area contributed by atoms with Gasteiger partial charge in [0.2, 0.25) is 5.91 Å². The molecule has 1 rings (SSSR count). The molecule has 1 atom stereocenters. The Bertz CT molecular complexity index is 269. The van der Waals surface area contributed by atoms with Crippen molar-refractivity contribution in [2.45, 2.75) is 52.1 Å². The second-order valence-corrected chi connectivity index (χ2v) is 5.69. The van der Waals surface area contributed by atoms with Gasteiger partial charge < -0.3 is 11.1 Å². The van der Waals surface area contributed by atoms with Crippen LogP contribution in [0.3, 0.4) is 0 Å². The molecule has 1 fully saturated rings. The fourth-order valence-electron chi connectivity index (χ4n) is 2.83. The number of piperazine rings is 1. The maximum absolute atomic E-state index is 12.0. The van der Waals surface area contributed by atoms with Gasteiger partial charge in [0, 0.05) is 44.8 Å². The molecule has 3 N–H and O–H groups in total. The first-order chi connectivity index (χ1) is 9.64. The Morgan fingerprint density at radius 2 is 1.70 bits per heavy atom. The highest BCUT2D eigenvalue weighted by molar-refractivity contribution is 5.78. The van der Waals surface area contributed by atoms with Crippen LogP contribution in [0, 0.1) is 0 Å². The van der Waals surface area contributed by atoms with Crippen molar-refractivity contribution in [3.8, 4) is 0 Å². The molecule has 1 amide bonds. The molecule has 1 aliphatic heterocycles. The van der Waals surface area contributed by atoms with E-state index in [0.29, 0.717) is 18.6 Å². The minimum atomic E-state index is 0.165. The first-order valence-corrected chi connectivity index (χ1v) is 8.10. The van der Waals surface area contributed by atoms with Crippen molar-refractivity contribution < 1.29 is 4.79 Å². The van der Waals surface area contributed by atoms with Gasteiger partial charge in [-0.25, -0.2) is 0 Å². The molecule has 0 aliphatic carbocycles. The molecule has 0 saturated carbocycles. The molecule has 0 spiro atoms. The van der Waals surface area contributed by atoms with Gasteiger partial charge in [0.15, 0.2) is 0 Å². The van der Waals surface area contributed by atoms with Gasteiger partial charge in [-0.1, -0.05) is 20.8 Å². The molecule has 5 nitrogen and oxygen atoms in total. The van der Waals surface area contributed by atoms with Gasteiger partial charge in [0.05, 0.1) is 6.54 Å². The zero-order valence-corrected chi connectivity index (χ0v) is 13.4. The van der Waals surface area contributed by atoms with Gasteiger partial charge in [-0.3, -0.25) is 14.6 Å². The number of nitrogens with two attached hydrogens (primary N) is 1. The number of nitrogens with zero attached hydrogens (tertiary/aromatic N) is 2. The van der Waals surface area contributed by atoms with E-state index >= 15 is 0 Å². The summed E-state index contributed by atoms with van der Waals surface area (Å²) in [5.41, 5.74) is 5.80. The third-order valence-corrected chi connectivity index (χ3v) is 4.38. The standard InChI is InChI=1S/C15H32N4O/c1-4-13(5-2)17-15(20)12-18-7-9-19(10-8-18)14(6-3)11-16/h13-14H,4-12,16H2,1-3H3,(H,17,20). The average Bonchev–Trinajstić information content (AvgIpc) is 2.47. The molecule has 0 radical (unpaired) electrons. The Morgan fingerprint density at radius 1 is 1.10 bits per heavy atom. The molecule has 118 valence electrons. The van der Waals surface area contributed by atoms with E-state index < -0.39 is 0 Å². The van der Waals surface area contributed by atoms with Gasteiger partial charge in [-0.05, 0) is 19.3 Å². The highest BCUT2D eigenvalue weighted by Crippen LogP contribution is 2.08. The van der Waals surface area contributed by atoms with E-state index in [9.17, 15) is 4.79 Å². The Labute approximate surface area is 123 Å². The fraction of sp³-hybridized carbons (Fsp3) is 0.933. The van der Waals surface area contributed by atoms with Gasteiger partial charge in [0.1, 0.15) is 0 Å². The van der Waals surface area contributed by atoms with Gasteiger partial charge in [0.25, 0.3) is 0 Å². The maximum atomic E-state index is 12.0. The van der Waals surface area contributed by atoms with Crippen LogP contribution in [-0.4, -0.2) is 67.1 Å². The smallest absolute Gasteiger partial charge is 0.234 e. The summed E-state index contributed by atoms with van der Waals surface area (Å²) in [7, 11) is 0. The van der Waals surface area contributed by atoms with E-state index in [1.165, 1.54) is 0 Å². The third kappa shape index (κ3) is 5.38. The van der Waals surface area contributed by atoms with E-state index in [4.69, 9.17) is 5.73 Å². The lowest BCUT2D eigenvalue weighted by atomic mass is 10.1. The fourth-order valence-corrected chi connectivity index (χ4v) is 2.83. The summed E-state index contributed by atoms with van der Waals surface area (Å²) in [5, 5.41) is 3.11. The van der Waals surface area contributed by atoms with Crippen molar-refractivity contribution in [2.24, 2.45) is 5.73 Å². The van der Waals surface area contributed by atoms with Crippen LogP contribution in [0.4, 0.5) is 0 Å². The van der Waals surface area contributed by atoms with Crippen molar-refractivity contribution in [3.63, 3.8) is 0 Å². The summed E-state index contributed by atoms with van der Waals surface area (Å²) in [4.78, 5) is 16.7. The number of hydrogen-bond donors (Lipinski definition) is 2. The van der Waals surface area contributed by atoms with E-state index in [0.717, 1.165) is 52.0 Å². The Balaban J connectivity index is 2.30. The summed E-state index contributed by atoms with van der Waals surface area (Å²) in [6.07, 6.45) is 3.11. The SMILES string of the molecule is CCC(CC)NC(=O)CN1CCN(C(CC)CN)CC1. The molecule has 1 aliphatic rings. The van der Waals surface area contributed by atoms with Crippen LogP contribution < -0.4 is 11.1 Å². The highest BCUT2D eigenvalue weighted by Gasteiger charge is 2.23. The number of carbonyl (C=O) groups is 1. The number of carbonyl (C=O) groups excluding carboxylic acids is 1. The maximum Gasteiger partial charge on any atom is 0.234 e. The van der Waals surface area contributed by atoms with Gasteiger partial charge in [-0.2, -0.15) is 0 Å². The lowest BCUT2D eigenvalue weighted by Gasteiger charge is -2.38. The molecular formula is C15H32N4O. The zero-order chi connectivity index (χ0) is 15.0. The van der Waals surface area contributed by atoms with Crippen molar-refractivity contribution in [1.82, 2.24) is 15.1 Å². The molecule has 0 aromatic heterocycles. The van der Waals surface area contributed by atoms with Crippen LogP contribution in [-0.2, 0) is 4.79 Å².